The molecule has 0 spiro atoms. The largest absolute Gasteiger partial charge is 0.480 e. The van der Waals surface area contributed by atoms with Crippen LogP contribution in [0.25, 0.3) is 0 Å². The van der Waals surface area contributed by atoms with E-state index in [2.05, 4.69) is 0 Å². The van der Waals surface area contributed by atoms with Crippen LogP contribution in [-0.4, -0.2) is 23.7 Å². The molecule has 1 rings (SSSR count). The molecule has 0 amide bonds. The SMILES string of the molecule is CCOC(=O)C(C)(CCc1ccsc1)C(=O)O. The van der Waals surface area contributed by atoms with Crippen LogP contribution in [-0.2, 0) is 20.7 Å². The van der Waals surface area contributed by atoms with E-state index in [0.29, 0.717) is 6.42 Å². The summed E-state index contributed by atoms with van der Waals surface area (Å²) in [6, 6.07) is 1.93. The van der Waals surface area contributed by atoms with Crippen LogP contribution >= 0.6 is 11.3 Å². The van der Waals surface area contributed by atoms with Gasteiger partial charge in [-0.05, 0) is 49.1 Å². The molecule has 94 valence electrons. The molecule has 0 fully saturated rings. The van der Waals surface area contributed by atoms with Gasteiger partial charge in [-0.25, -0.2) is 0 Å². The molecule has 0 saturated heterocycles. The number of rotatable bonds is 6. The molecule has 4 nitrogen and oxygen atoms in total. The molecule has 1 N–H and O–H groups in total. The molecule has 1 aromatic heterocycles. The van der Waals surface area contributed by atoms with Crippen molar-refractivity contribution in [3.8, 4) is 0 Å². The maximum absolute atomic E-state index is 11.7. The van der Waals surface area contributed by atoms with E-state index < -0.39 is 17.4 Å². The number of aryl methyl sites for hydroxylation is 1. The number of esters is 1. The lowest BCUT2D eigenvalue weighted by Crippen LogP contribution is -2.38. The molecule has 1 heterocycles. The topological polar surface area (TPSA) is 63.6 Å². The summed E-state index contributed by atoms with van der Waals surface area (Å²) < 4.78 is 4.82. The summed E-state index contributed by atoms with van der Waals surface area (Å²) >= 11 is 1.55. The Morgan fingerprint density at radius 1 is 1.53 bits per heavy atom. The van der Waals surface area contributed by atoms with Gasteiger partial charge in [-0.1, -0.05) is 0 Å². The molecule has 5 heteroatoms. The first-order chi connectivity index (χ1) is 8.00. The number of carboxylic acid groups (broad SMARTS) is 1. The van der Waals surface area contributed by atoms with Crippen molar-refractivity contribution in [1.29, 1.82) is 0 Å². The van der Waals surface area contributed by atoms with Crippen LogP contribution in [0.5, 0.6) is 0 Å². The van der Waals surface area contributed by atoms with E-state index in [1.807, 2.05) is 16.8 Å². The first kappa shape index (κ1) is 13.7. The molecule has 0 radical (unpaired) electrons. The highest BCUT2D eigenvalue weighted by atomic mass is 32.1. The highest BCUT2D eigenvalue weighted by Crippen LogP contribution is 2.26. The zero-order valence-corrected chi connectivity index (χ0v) is 10.8. The maximum Gasteiger partial charge on any atom is 0.323 e. The number of hydrogen-bond donors (Lipinski definition) is 1. The predicted octanol–water partition coefficient (Wildman–Crippen LogP) is 2.33. The van der Waals surface area contributed by atoms with Crippen molar-refractivity contribution in [3.63, 3.8) is 0 Å². The fourth-order valence-electron chi connectivity index (χ4n) is 1.42. The minimum Gasteiger partial charge on any atom is -0.480 e. The number of thiophene rings is 1. The van der Waals surface area contributed by atoms with Crippen molar-refractivity contribution in [2.24, 2.45) is 5.41 Å². The third-order valence-corrected chi connectivity index (χ3v) is 3.42. The van der Waals surface area contributed by atoms with E-state index in [4.69, 9.17) is 9.84 Å². The standard InChI is InChI=1S/C12H16O4S/c1-3-16-11(15)12(2,10(13)14)6-4-9-5-7-17-8-9/h5,7-8H,3-4,6H2,1-2H3,(H,13,14). The molecule has 1 atom stereocenters. The Kier molecular flexibility index (Phi) is 4.69. The fourth-order valence-corrected chi connectivity index (χ4v) is 2.12. The average Bonchev–Trinajstić information content (AvgIpc) is 2.78. The third-order valence-electron chi connectivity index (χ3n) is 2.69. The van der Waals surface area contributed by atoms with Gasteiger partial charge in [-0.15, -0.1) is 0 Å². The van der Waals surface area contributed by atoms with E-state index in [-0.39, 0.29) is 13.0 Å². The summed E-state index contributed by atoms with van der Waals surface area (Å²) in [5, 5.41) is 13.0. The smallest absolute Gasteiger partial charge is 0.323 e. The van der Waals surface area contributed by atoms with Gasteiger partial charge in [0.25, 0.3) is 0 Å². The van der Waals surface area contributed by atoms with Crippen LogP contribution in [0.15, 0.2) is 16.8 Å². The van der Waals surface area contributed by atoms with Gasteiger partial charge < -0.3 is 9.84 Å². The molecule has 0 aliphatic rings. The molecule has 0 aliphatic carbocycles. The average molecular weight is 256 g/mol. The van der Waals surface area contributed by atoms with Crippen LogP contribution in [0.2, 0.25) is 0 Å². The van der Waals surface area contributed by atoms with Gasteiger partial charge in [0.2, 0.25) is 0 Å². The maximum atomic E-state index is 11.7. The van der Waals surface area contributed by atoms with Gasteiger partial charge in [0.05, 0.1) is 6.61 Å². The summed E-state index contributed by atoms with van der Waals surface area (Å²) in [6.45, 7) is 3.28. The molecular weight excluding hydrogens is 240 g/mol. The Bertz CT molecular complexity index is 385. The van der Waals surface area contributed by atoms with Crippen LogP contribution in [0.4, 0.5) is 0 Å². The number of carbonyl (C=O) groups excluding carboxylic acids is 1. The molecule has 17 heavy (non-hydrogen) atoms. The second-order valence-electron chi connectivity index (χ2n) is 3.99. The third kappa shape index (κ3) is 3.30. The molecule has 1 aromatic rings. The number of hydrogen-bond acceptors (Lipinski definition) is 4. The molecule has 1 unspecified atom stereocenters. The highest BCUT2D eigenvalue weighted by molar-refractivity contribution is 7.07. The Balaban J connectivity index is 2.71. The Hall–Kier alpha value is -1.36. The number of aliphatic carboxylic acids is 1. The van der Waals surface area contributed by atoms with Crippen LogP contribution in [0.3, 0.4) is 0 Å². The molecule has 0 bridgehead atoms. The van der Waals surface area contributed by atoms with Crippen molar-refractivity contribution >= 4 is 23.3 Å². The van der Waals surface area contributed by atoms with Gasteiger partial charge in [0, 0.05) is 0 Å². The van der Waals surface area contributed by atoms with E-state index >= 15 is 0 Å². The molecular formula is C12H16O4S. The zero-order valence-electron chi connectivity index (χ0n) is 9.93. The van der Waals surface area contributed by atoms with E-state index in [1.54, 1.807) is 18.3 Å². The van der Waals surface area contributed by atoms with E-state index in [9.17, 15) is 9.59 Å². The summed E-state index contributed by atoms with van der Waals surface area (Å²) in [7, 11) is 0. The van der Waals surface area contributed by atoms with E-state index in [0.717, 1.165) is 5.56 Å². The lowest BCUT2D eigenvalue weighted by atomic mass is 9.84. The van der Waals surface area contributed by atoms with Crippen molar-refractivity contribution in [3.05, 3.63) is 22.4 Å². The fraction of sp³-hybridized carbons (Fsp3) is 0.500. The van der Waals surface area contributed by atoms with Crippen LogP contribution < -0.4 is 0 Å². The normalized spacial score (nSPS) is 14.0. The zero-order chi connectivity index (χ0) is 12.9. The second-order valence-corrected chi connectivity index (χ2v) is 4.77. The summed E-state index contributed by atoms with van der Waals surface area (Å²) in [5.41, 5.74) is -0.412. The van der Waals surface area contributed by atoms with Gasteiger partial charge in [0.1, 0.15) is 0 Å². The number of carboxylic acids is 1. The van der Waals surface area contributed by atoms with E-state index in [1.165, 1.54) is 6.92 Å². The minimum absolute atomic E-state index is 0.195. The van der Waals surface area contributed by atoms with Crippen molar-refractivity contribution in [2.75, 3.05) is 6.61 Å². The highest BCUT2D eigenvalue weighted by Gasteiger charge is 2.42. The van der Waals surface area contributed by atoms with Crippen molar-refractivity contribution < 1.29 is 19.4 Å². The first-order valence-corrected chi connectivity index (χ1v) is 6.36. The molecule has 0 aromatic carbocycles. The van der Waals surface area contributed by atoms with Crippen LogP contribution in [0.1, 0.15) is 25.8 Å². The summed E-state index contributed by atoms with van der Waals surface area (Å²) in [4.78, 5) is 22.9. The van der Waals surface area contributed by atoms with Gasteiger partial charge in [0.15, 0.2) is 5.41 Å². The Labute approximate surface area is 104 Å². The lowest BCUT2D eigenvalue weighted by Gasteiger charge is -2.22. The first-order valence-electron chi connectivity index (χ1n) is 5.42. The molecule has 0 aliphatic heterocycles. The Morgan fingerprint density at radius 3 is 2.71 bits per heavy atom. The molecule has 0 saturated carbocycles. The lowest BCUT2D eigenvalue weighted by molar-refractivity contribution is -0.167. The summed E-state index contributed by atoms with van der Waals surface area (Å²) in [6.07, 6.45) is 0.809. The van der Waals surface area contributed by atoms with Gasteiger partial charge in [-0.3, -0.25) is 9.59 Å². The number of carbonyl (C=O) groups is 2. The second kappa shape index (κ2) is 5.82. The van der Waals surface area contributed by atoms with Crippen molar-refractivity contribution in [1.82, 2.24) is 0 Å². The van der Waals surface area contributed by atoms with Crippen molar-refractivity contribution in [2.45, 2.75) is 26.7 Å². The number of ether oxygens (including phenoxy) is 1. The van der Waals surface area contributed by atoms with Gasteiger partial charge in [-0.2, -0.15) is 11.3 Å². The Morgan fingerprint density at radius 2 is 2.24 bits per heavy atom. The quantitative estimate of drug-likeness (QED) is 0.626. The predicted molar refractivity (Wildman–Crippen MR) is 65.0 cm³/mol. The minimum atomic E-state index is -1.46. The van der Waals surface area contributed by atoms with Gasteiger partial charge >= 0.3 is 11.9 Å². The van der Waals surface area contributed by atoms with Crippen LogP contribution in [0, 0.1) is 5.41 Å². The summed E-state index contributed by atoms with van der Waals surface area (Å²) in [5.74, 6) is -1.80. The monoisotopic (exact) mass is 256 g/mol.